The van der Waals surface area contributed by atoms with Crippen LogP contribution in [0.25, 0.3) is 10.9 Å². The second kappa shape index (κ2) is 10.1. The number of alkyl carbamates (subject to hydrolysis) is 1. The Labute approximate surface area is 192 Å². The molecule has 33 heavy (non-hydrogen) atoms. The number of aromatic amines is 1. The van der Waals surface area contributed by atoms with Crippen molar-refractivity contribution in [1.82, 2.24) is 10.3 Å². The molecule has 0 bridgehead atoms. The molecular weight excluding hydrogens is 420 g/mol. The molecule has 2 atom stereocenters. The molecule has 2 aromatic carbocycles. The van der Waals surface area contributed by atoms with Crippen molar-refractivity contribution in [3.63, 3.8) is 0 Å². The number of rotatable bonds is 7. The third-order valence-electron chi connectivity index (χ3n) is 5.00. The second-order valence-corrected chi connectivity index (χ2v) is 8.60. The van der Waals surface area contributed by atoms with E-state index in [-0.39, 0.29) is 0 Å². The molecule has 1 amide bonds. The quantitative estimate of drug-likeness (QED) is 0.462. The van der Waals surface area contributed by atoms with Crippen LogP contribution >= 0.6 is 0 Å². The molecule has 8 heteroatoms. The maximum absolute atomic E-state index is 12.6. The molecule has 0 aliphatic carbocycles. The van der Waals surface area contributed by atoms with Gasteiger partial charge in [-0.15, -0.1) is 0 Å². The summed E-state index contributed by atoms with van der Waals surface area (Å²) in [6.45, 7) is 5.32. The topological polar surface area (TPSA) is 116 Å². The molecule has 8 nitrogen and oxygen atoms in total. The number of para-hydroxylation sites is 2. The predicted octanol–water partition coefficient (Wildman–Crippen LogP) is 4.39. The predicted molar refractivity (Wildman–Crippen MR) is 126 cm³/mol. The number of nitrogens with one attached hydrogen (secondary N) is 3. The van der Waals surface area contributed by atoms with Crippen molar-refractivity contribution in [3.8, 4) is 6.07 Å². The summed E-state index contributed by atoms with van der Waals surface area (Å²) in [6.07, 6.45) is 1.59. The van der Waals surface area contributed by atoms with E-state index in [0.29, 0.717) is 17.7 Å². The Kier molecular flexibility index (Phi) is 7.23. The van der Waals surface area contributed by atoms with E-state index in [9.17, 15) is 14.9 Å². The molecule has 3 N–H and O–H groups in total. The van der Waals surface area contributed by atoms with Gasteiger partial charge in [0, 0.05) is 22.8 Å². The van der Waals surface area contributed by atoms with Crippen LogP contribution in [0.3, 0.4) is 0 Å². The fourth-order valence-electron chi connectivity index (χ4n) is 3.54. The maximum atomic E-state index is 12.6. The van der Waals surface area contributed by atoms with Gasteiger partial charge in [0.25, 0.3) is 0 Å². The number of methoxy groups -OCH3 is 1. The fourth-order valence-corrected chi connectivity index (χ4v) is 3.54. The van der Waals surface area contributed by atoms with Crippen LogP contribution in [0, 0.1) is 11.3 Å². The van der Waals surface area contributed by atoms with Gasteiger partial charge in [0.2, 0.25) is 0 Å². The number of nitriles is 1. The van der Waals surface area contributed by atoms with Gasteiger partial charge in [-0.1, -0.05) is 30.3 Å². The number of carbonyl (C=O) groups excluding carboxylic acids is 2. The summed E-state index contributed by atoms with van der Waals surface area (Å²) in [5, 5.41) is 16.9. The zero-order chi connectivity index (χ0) is 24.0. The minimum absolute atomic E-state index is 0.295. The van der Waals surface area contributed by atoms with E-state index in [1.807, 2.05) is 30.5 Å². The van der Waals surface area contributed by atoms with Crippen LogP contribution in [0.15, 0.2) is 54.7 Å². The molecule has 0 saturated heterocycles. The third-order valence-corrected chi connectivity index (χ3v) is 5.00. The van der Waals surface area contributed by atoms with Gasteiger partial charge in [0.05, 0.1) is 24.8 Å². The molecule has 0 aliphatic heterocycles. The number of benzene rings is 2. The monoisotopic (exact) mass is 448 g/mol. The number of H-pyrrole nitrogens is 1. The molecule has 0 saturated carbocycles. The highest BCUT2D eigenvalue weighted by Gasteiger charge is 2.28. The lowest BCUT2D eigenvalue weighted by Gasteiger charge is -2.27. The van der Waals surface area contributed by atoms with Gasteiger partial charge >= 0.3 is 12.1 Å². The summed E-state index contributed by atoms with van der Waals surface area (Å²) >= 11 is 0. The van der Waals surface area contributed by atoms with E-state index >= 15 is 0 Å². The van der Waals surface area contributed by atoms with Crippen LogP contribution in [0.4, 0.5) is 10.5 Å². The number of hydrogen-bond acceptors (Lipinski definition) is 6. The first-order valence-electron chi connectivity index (χ1n) is 10.6. The van der Waals surface area contributed by atoms with Crippen molar-refractivity contribution in [2.45, 2.75) is 44.9 Å². The highest BCUT2D eigenvalue weighted by molar-refractivity contribution is 5.95. The summed E-state index contributed by atoms with van der Waals surface area (Å²) in [4.78, 5) is 28.0. The lowest BCUT2D eigenvalue weighted by Crippen LogP contribution is -2.49. The van der Waals surface area contributed by atoms with Crippen molar-refractivity contribution < 1.29 is 19.1 Å². The van der Waals surface area contributed by atoms with Crippen LogP contribution < -0.4 is 10.6 Å². The molecule has 1 heterocycles. The molecule has 172 valence electrons. The van der Waals surface area contributed by atoms with E-state index in [4.69, 9.17) is 9.47 Å². The van der Waals surface area contributed by atoms with Gasteiger partial charge in [-0.05, 0) is 51.0 Å². The molecule has 3 rings (SSSR count). The Morgan fingerprint density at radius 2 is 1.82 bits per heavy atom. The lowest BCUT2D eigenvalue weighted by atomic mass is 9.99. The zero-order valence-corrected chi connectivity index (χ0v) is 19.1. The van der Waals surface area contributed by atoms with Crippen LogP contribution in [0.2, 0.25) is 0 Å². The number of esters is 1. The number of nitrogens with zero attached hydrogens (tertiary/aromatic N) is 1. The number of hydrogen-bond donors (Lipinski definition) is 3. The van der Waals surface area contributed by atoms with Crippen LogP contribution in [-0.4, -0.2) is 41.8 Å². The zero-order valence-electron chi connectivity index (χ0n) is 19.1. The Morgan fingerprint density at radius 3 is 2.52 bits per heavy atom. The fraction of sp³-hybridized carbons (Fsp3) is 0.320. The summed E-state index contributed by atoms with van der Waals surface area (Å²) in [5.74, 6) is -0.525. The van der Waals surface area contributed by atoms with E-state index in [1.54, 1.807) is 45.0 Å². The van der Waals surface area contributed by atoms with Crippen molar-refractivity contribution in [1.29, 1.82) is 5.26 Å². The van der Waals surface area contributed by atoms with Crippen molar-refractivity contribution in [2.24, 2.45) is 0 Å². The second-order valence-electron chi connectivity index (χ2n) is 8.60. The Morgan fingerprint density at radius 1 is 1.12 bits per heavy atom. The normalized spacial score (nSPS) is 12.9. The van der Waals surface area contributed by atoms with E-state index in [0.717, 1.165) is 16.5 Å². The van der Waals surface area contributed by atoms with Crippen LogP contribution in [0.1, 0.15) is 36.7 Å². The molecule has 0 aliphatic rings. The van der Waals surface area contributed by atoms with E-state index in [2.05, 4.69) is 21.7 Å². The number of amides is 1. The highest BCUT2D eigenvalue weighted by atomic mass is 16.6. The van der Waals surface area contributed by atoms with Gasteiger partial charge in [-0.3, -0.25) is 0 Å². The summed E-state index contributed by atoms with van der Waals surface area (Å²) in [7, 11) is 1.30. The van der Waals surface area contributed by atoms with Gasteiger partial charge in [-0.2, -0.15) is 5.26 Å². The average molecular weight is 449 g/mol. The standard InChI is InChI=1S/C25H28N4O4/c1-25(2,3)33-24(31)29-21(13-16-15-27-19-11-7-5-9-17(16)19)22(14-26)28-20-12-8-6-10-18(20)23(30)32-4/h5-12,15,21-22,27-28H,13H2,1-4H3,(H,29,31). The first kappa shape index (κ1) is 23.7. The van der Waals surface area contributed by atoms with E-state index in [1.165, 1.54) is 7.11 Å². The average Bonchev–Trinajstić information content (AvgIpc) is 3.18. The molecule has 1 aromatic heterocycles. The van der Waals surface area contributed by atoms with Gasteiger partial charge < -0.3 is 25.1 Å². The molecular formula is C25H28N4O4. The maximum Gasteiger partial charge on any atom is 0.407 e. The molecule has 3 aromatic rings. The van der Waals surface area contributed by atoms with Crippen molar-refractivity contribution >= 4 is 28.7 Å². The summed E-state index contributed by atoms with van der Waals surface area (Å²) < 4.78 is 10.3. The molecule has 0 radical (unpaired) electrons. The lowest BCUT2D eigenvalue weighted by molar-refractivity contribution is 0.0501. The van der Waals surface area contributed by atoms with Crippen LogP contribution in [0.5, 0.6) is 0 Å². The number of ether oxygens (including phenoxy) is 2. The Hall–Kier alpha value is -3.99. The first-order chi connectivity index (χ1) is 15.7. The van der Waals surface area contributed by atoms with Crippen molar-refractivity contribution in [3.05, 3.63) is 65.9 Å². The minimum Gasteiger partial charge on any atom is -0.465 e. The Bertz CT molecular complexity index is 1170. The third kappa shape index (κ3) is 6.04. The number of anilines is 1. The molecule has 0 spiro atoms. The highest BCUT2D eigenvalue weighted by Crippen LogP contribution is 2.23. The van der Waals surface area contributed by atoms with Gasteiger partial charge in [-0.25, -0.2) is 9.59 Å². The number of aromatic nitrogens is 1. The van der Waals surface area contributed by atoms with Gasteiger partial charge in [0.1, 0.15) is 11.6 Å². The Balaban J connectivity index is 1.92. The van der Waals surface area contributed by atoms with Crippen LogP contribution in [-0.2, 0) is 15.9 Å². The first-order valence-corrected chi connectivity index (χ1v) is 10.6. The number of fused-ring (bicyclic) bond motifs is 1. The molecule has 0 fully saturated rings. The van der Waals surface area contributed by atoms with Gasteiger partial charge in [0.15, 0.2) is 0 Å². The minimum atomic E-state index is -0.864. The molecule has 2 unspecified atom stereocenters. The van der Waals surface area contributed by atoms with Crippen molar-refractivity contribution in [2.75, 3.05) is 12.4 Å². The summed E-state index contributed by atoms with van der Waals surface area (Å²) in [5.41, 5.74) is 1.94. The van der Waals surface area contributed by atoms with E-state index < -0.39 is 29.7 Å². The largest absolute Gasteiger partial charge is 0.465 e. The number of carbonyl (C=O) groups is 2. The summed E-state index contributed by atoms with van der Waals surface area (Å²) in [6, 6.07) is 15.3. The SMILES string of the molecule is COC(=O)c1ccccc1NC(C#N)C(Cc1c[nH]c2ccccc12)NC(=O)OC(C)(C)C. The smallest absolute Gasteiger partial charge is 0.407 e.